The van der Waals surface area contributed by atoms with E-state index in [2.05, 4.69) is 29.9 Å². The van der Waals surface area contributed by atoms with Gasteiger partial charge in [-0.2, -0.15) is 0 Å². The first-order valence-electron chi connectivity index (χ1n) is 13.2. The van der Waals surface area contributed by atoms with Gasteiger partial charge in [0.2, 0.25) is 0 Å². The average molecular weight is 652 g/mol. The van der Waals surface area contributed by atoms with Gasteiger partial charge in [0.15, 0.2) is 11.6 Å². The molecule has 6 aromatic heterocycles. The monoisotopic (exact) mass is 652 g/mol. The van der Waals surface area contributed by atoms with Crippen LogP contribution in [0.5, 0.6) is 0 Å². The molecule has 6 heterocycles. The summed E-state index contributed by atoms with van der Waals surface area (Å²) < 4.78 is 0. The Morgan fingerprint density at radius 1 is 0.419 bits per heavy atom. The zero-order chi connectivity index (χ0) is 29.3. The Morgan fingerprint density at radius 2 is 0.674 bits per heavy atom. The molecule has 43 heavy (non-hydrogen) atoms. The van der Waals surface area contributed by atoms with Gasteiger partial charge >= 0.3 is 0 Å². The van der Waals surface area contributed by atoms with Crippen LogP contribution in [-0.2, 0) is 19.5 Å². The molecule has 6 rings (SSSR count). The van der Waals surface area contributed by atoms with Crippen molar-refractivity contribution in [1.29, 1.82) is 0 Å². The van der Waals surface area contributed by atoms with Crippen LogP contribution in [0.1, 0.15) is 34.6 Å². The number of rotatable bonds is 6. The van der Waals surface area contributed by atoms with Crippen LogP contribution in [0.25, 0.3) is 45.6 Å². The Balaban J connectivity index is 0.000000192. The second-order valence-corrected chi connectivity index (χ2v) is 9.22. The van der Waals surface area contributed by atoms with Crippen molar-refractivity contribution in [2.75, 3.05) is 0 Å². The van der Waals surface area contributed by atoms with Crippen LogP contribution in [-0.4, -0.2) is 41.5 Å². The molecule has 0 N–H and O–H groups in total. The number of ketones is 2. The molecule has 0 saturated carbocycles. The van der Waals surface area contributed by atoms with E-state index in [1.807, 2.05) is 72.8 Å². The molecule has 0 fully saturated rings. The molecule has 0 atom stereocenters. The summed E-state index contributed by atoms with van der Waals surface area (Å²) in [7, 11) is 0. The summed E-state index contributed by atoms with van der Waals surface area (Å²) in [5, 5.41) is 0. The first-order valence-corrected chi connectivity index (χ1v) is 13.2. The van der Waals surface area contributed by atoms with Gasteiger partial charge in [-0.3, -0.25) is 29.5 Å². The SMILES string of the molecule is CC(=O)c1cc(-c2ccccn2)nc(-c2ccccn2)c1.CC(=O)c1cc(-c2ccccn2)nc(-c2ccccn2)c1.[Ru]. The number of aromatic nitrogens is 6. The third-order valence-corrected chi connectivity index (χ3v) is 6.17. The summed E-state index contributed by atoms with van der Waals surface area (Å²) in [5.74, 6) is -0.0153. The minimum atomic E-state index is -0.00763. The van der Waals surface area contributed by atoms with Crippen molar-refractivity contribution in [3.63, 3.8) is 0 Å². The first kappa shape index (κ1) is 30.8. The predicted molar refractivity (Wildman–Crippen MR) is 161 cm³/mol. The maximum Gasteiger partial charge on any atom is 0.159 e. The molecule has 0 amide bonds. The van der Waals surface area contributed by atoms with E-state index in [0.29, 0.717) is 33.9 Å². The number of carbonyl (C=O) groups is 2. The van der Waals surface area contributed by atoms with E-state index in [4.69, 9.17) is 0 Å². The predicted octanol–water partition coefficient (Wildman–Crippen LogP) is 6.81. The Labute approximate surface area is 262 Å². The maximum absolute atomic E-state index is 11.7. The second-order valence-electron chi connectivity index (χ2n) is 9.22. The molecule has 212 valence electrons. The van der Waals surface area contributed by atoms with E-state index >= 15 is 0 Å². The average Bonchev–Trinajstić information content (AvgIpc) is 3.06. The summed E-state index contributed by atoms with van der Waals surface area (Å²) in [4.78, 5) is 49.8. The molecule has 0 bridgehead atoms. The summed E-state index contributed by atoms with van der Waals surface area (Å²) in [6.07, 6.45) is 6.82. The fraction of sp³-hybridized carbons (Fsp3) is 0.0588. The summed E-state index contributed by atoms with van der Waals surface area (Å²) in [6, 6.07) is 29.5. The zero-order valence-corrected chi connectivity index (χ0v) is 25.1. The van der Waals surface area contributed by atoms with Gasteiger partial charge in [0, 0.05) is 55.4 Å². The quantitative estimate of drug-likeness (QED) is 0.143. The maximum atomic E-state index is 11.7. The number of nitrogens with zero attached hydrogens (tertiary/aromatic N) is 6. The smallest absolute Gasteiger partial charge is 0.159 e. The topological polar surface area (TPSA) is 111 Å². The van der Waals surface area contributed by atoms with Crippen molar-refractivity contribution < 1.29 is 29.1 Å². The van der Waals surface area contributed by atoms with E-state index in [1.54, 1.807) is 62.9 Å². The second kappa shape index (κ2) is 14.7. The van der Waals surface area contributed by atoms with Crippen LogP contribution < -0.4 is 0 Å². The minimum Gasteiger partial charge on any atom is -0.295 e. The van der Waals surface area contributed by atoms with Gasteiger partial charge in [-0.25, -0.2) is 9.97 Å². The van der Waals surface area contributed by atoms with Gasteiger partial charge in [0.25, 0.3) is 0 Å². The molecular formula is C34H26N6O2Ru. The van der Waals surface area contributed by atoms with E-state index in [9.17, 15) is 9.59 Å². The molecule has 0 aliphatic rings. The van der Waals surface area contributed by atoms with Crippen molar-refractivity contribution in [3.05, 3.63) is 133 Å². The van der Waals surface area contributed by atoms with Gasteiger partial charge in [-0.15, -0.1) is 0 Å². The number of pyridine rings is 6. The van der Waals surface area contributed by atoms with Crippen LogP contribution in [0.2, 0.25) is 0 Å². The fourth-order valence-electron chi connectivity index (χ4n) is 4.05. The molecule has 9 heteroatoms. The van der Waals surface area contributed by atoms with Crippen molar-refractivity contribution in [3.8, 4) is 45.6 Å². The minimum absolute atomic E-state index is 0. The van der Waals surface area contributed by atoms with E-state index < -0.39 is 0 Å². The standard InChI is InChI=1S/2C17H13N3O.Ru/c2*1-12(21)13-10-16(14-6-2-4-8-18-14)20-17(11-13)15-7-3-5-9-19-15;/h2*2-11H,1H3;. The number of hydrogen-bond acceptors (Lipinski definition) is 8. The largest absolute Gasteiger partial charge is 0.295 e. The van der Waals surface area contributed by atoms with Gasteiger partial charge in [0.1, 0.15) is 0 Å². The molecule has 0 unspecified atom stereocenters. The number of hydrogen-bond donors (Lipinski definition) is 0. The van der Waals surface area contributed by atoms with Crippen molar-refractivity contribution in [1.82, 2.24) is 29.9 Å². The molecule has 6 aromatic rings. The van der Waals surface area contributed by atoms with Gasteiger partial charge in [-0.1, -0.05) is 24.3 Å². The molecule has 0 saturated heterocycles. The van der Waals surface area contributed by atoms with Crippen molar-refractivity contribution in [2.24, 2.45) is 0 Å². The van der Waals surface area contributed by atoms with E-state index in [-0.39, 0.29) is 31.0 Å². The number of carbonyl (C=O) groups excluding carboxylic acids is 2. The third kappa shape index (κ3) is 7.99. The normalized spacial score (nSPS) is 10.1. The Morgan fingerprint density at radius 3 is 0.860 bits per heavy atom. The Hall–Kier alpha value is -5.14. The molecular weight excluding hydrogens is 625 g/mol. The van der Waals surface area contributed by atoms with Gasteiger partial charge < -0.3 is 0 Å². The van der Waals surface area contributed by atoms with E-state index in [1.165, 1.54) is 0 Å². The van der Waals surface area contributed by atoms with Crippen LogP contribution in [0.15, 0.2) is 122 Å². The molecule has 0 aromatic carbocycles. The third-order valence-electron chi connectivity index (χ3n) is 6.17. The molecule has 0 aliphatic heterocycles. The van der Waals surface area contributed by atoms with Gasteiger partial charge in [-0.05, 0) is 86.6 Å². The van der Waals surface area contributed by atoms with Crippen molar-refractivity contribution >= 4 is 11.6 Å². The fourth-order valence-corrected chi connectivity index (χ4v) is 4.05. The summed E-state index contributed by atoms with van der Waals surface area (Å²) in [6.45, 7) is 3.08. The Bertz CT molecular complexity index is 1570. The molecule has 0 aliphatic carbocycles. The summed E-state index contributed by atoms with van der Waals surface area (Å²) >= 11 is 0. The van der Waals surface area contributed by atoms with Gasteiger partial charge in [0.05, 0.1) is 45.6 Å². The molecule has 0 radical (unpaired) electrons. The van der Waals surface area contributed by atoms with Crippen molar-refractivity contribution in [2.45, 2.75) is 13.8 Å². The van der Waals surface area contributed by atoms with Crippen LogP contribution in [0.4, 0.5) is 0 Å². The zero-order valence-electron chi connectivity index (χ0n) is 23.4. The number of Topliss-reactive ketones (excluding diaryl/α,β-unsaturated/α-hetero) is 2. The van der Waals surface area contributed by atoms with Crippen LogP contribution >= 0.6 is 0 Å². The van der Waals surface area contributed by atoms with Crippen LogP contribution in [0.3, 0.4) is 0 Å². The first-order chi connectivity index (χ1) is 20.5. The van der Waals surface area contributed by atoms with E-state index in [0.717, 1.165) is 22.8 Å². The molecule has 8 nitrogen and oxygen atoms in total. The van der Waals surface area contributed by atoms with Crippen LogP contribution in [0, 0.1) is 0 Å². The Kier molecular flexibility index (Phi) is 10.5. The molecule has 0 spiro atoms. The summed E-state index contributed by atoms with van der Waals surface area (Å²) in [5.41, 5.74) is 6.82.